The predicted molar refractivity (Wildman–Crippen MR) is 70.5 cm³/mol. The Labute approximate surface area is 111 Å². The summed E-state index contributed by atoms with van der Waals surface area (Å²) in [5.74, 6) is -0.682. The van der Waals surface area contributed by atoms with E-state index in [4.69, 9.17) is 0 Å². The third-order valence-corrected chi connectivity index (χ3v) is 3.97. The van der Waals surface area contributed by atoms with Crippen LogP contribution in [0.5, 0.6) is 0 Å². The Balaban J connectivity index is 2.08. The van der Waals surface area contributed by atoms with Crippen molar-refractivity contribution in [3.8, 4) is 0 Å². The van der Waals surface area contributed by atoms with Gasteiger partial charge in [-0.2, -0.15) is 0 Å². The lowest BCUT2D eigenvalue weighted by atomic mass is 10.4. The Bertz CT molecular complexity index is 589. The van der Waals surface area contributed by atoms with Crippen molar-refractivity contribution in [1.82, 2.24) is 4.98 Å². The largest absolute Gasteiger partial charge is 0.465 e. The molecule has 2 aromatic rings. The maximum atomic E-state index is 11.8. The number of carbonyl (C=O) groups excluding carboxylic acids is 2. The molecule has 2 rings (SSSR count). The average Bonchev–Trinajstić information content (AvgIpc) is 2.97. The zero-order valence-corrected chi connectivity index (χ0v) is 11.4. The van der Waals surface area contributed by atoms with Crippen LogP contribution in [0.2, 0.25) is 0 Å². The second kappa shape index (κ2) is 5.28. The molecule has 0 aliphatic heterocycles. The summed E-state index contributed by atoms with van der Waals surface area (Å²) >= 11 is 2.49. The molecule has 5 nitrogen and oxygen atoms in total. The van der Waals surface area contributed by atoms with Crippen molar-refractivity contribution in [3.63, 3.8) is 0 Å². The minimum Gasteiger partial charge on any atom is -0.465 e. The number of aromatic nitrogens is 1. The highest BCUT2D eigenvalue weighted by Crippen LogP contribution is 2.21. The first-order chi connectivity index (χ1) is 8.60. The van der Waals surface area contributed by atoms with Gasteiger partial charge < -0.3 is 4.74 Å². The van der Waals surface area contributed by atoms with Crippen LogP contribution < -0.4 is 5.32 Å². The molecule has 18 heavy (non-hydrogen) atoms. The number of hydrogen-bond acceptors (Lipinski definition) is 6. The van der Waals surface area contributed by atoms with Crippen LogP contribution in [0.25, 0.3) is 0 Å². The molecular formula is C11H10N2O3S2. The molecule has 0 bridgehead atoms. The van der Waals surface area contributed by atoms with Gasteiger partial charge in [0.25, 0.3) is 5.91 Å². The highest BCUT2D eigenvalue weighted by atomic mass is 32.1. The molecule has 7 heteroatoms. The first kappa shape index (κ1) is 12.7. The molecule has 1 N–H and O–H groups in total. The van der Waals surface area contributed by atoms with Gasteiger partial charge in [0.1, 0.15) is 4.88 Å². The molecule has 2 aromatic heterocycles. The number of hydrogen-bond donors (Lipinski definition) is 1. The van der Waals surface area contributed by atoms with Crippen molar-refractivity contribution < 1.29 is 14.3 Å². The van der Waals surface area contributed by atoms with Crippen LogP contribution in [0, 0.1) is 6.92 Å². The number of methoxy groups -OCH3 is 1. The number of carbonyl (C=O) groups is 2. The van der Waals surface area contributed by atoms with Crippen molar-refractivity contribution in [3.05, 3.63) is 33.0 Å². The SMILES string of the molecule is COC(=O)c1cnc(NC(=O)c2ccc(C)s2)s1. The first-order valence-electron chi connectivity index (χ1n) is 5.02. The van der Waals surface area contributed by atoms with Crippen molar-refractivity contribution in [1.29, 1.82) is 0 Å². The average molecular weight is 282 g/mol. The van der Waals surface area contributed by atoms with Crippen LogP contribution in [0.4, 0.5) is 5.13 Å². The van der Waals surface area contributed by atoms with Crippen LogP contribution in [0.15, 0.2) is 18.3 Å². The third kappa shape index (κ3) is 2.74. The Morgan fingerprint density at radius 2 is 2.06 bits per heavy atom. The molecule has 94 valence electrons. The summed E-state index contributed by atoms with van der Waals surface area (Å²) < 4.78 is 4.56. The number of amides is 1. The molecule has 0 aliphatic carbocycles. The normalized spacial score (nSPS) is 10.1. The summed E-state index contributed by atoms with van der Waals surface area (Å²) in [4.78, 5) is 29.0. The molecule has 0 aromatic carbocycles. The van der Waals surface area contributed by atoms with E-state index in [2.05, 4.69) is 15.0 Å². The molecule has 0 unspecified atom stereocenters. The first-order valence-corrected chi connectivity index (χ1v) is 6.65. The Hall–Kier alpha value is -1.73. The van der Waals surface area contributed by atoms with Crippen LogP contribution >= 0.6 is 22.7 Å². The standard InChI is InChI=1S/C11H10N2O3S2/c1-6-3-4-7(17-6)9(14)13-11-12-5-8(18-11)10(15)16-2/h3-5H,1-2H3,(H,12,13,14). The van der Waals surface area contributed by atoms with E-state index >= 15 is 0 Å². The lowest BCUT2D eigenvalue weighted by Gasteiger charge is -1.97. The van der Waals surface area contributed by atoms with Gasteiger partial charge in [-0.05, 0) is 19.1 Å². The molecule has 0 saturated carbocycles. The number of nitrogens with one attached hydrogen (secondary N) is 1. The summed E-state index contributed by atoms with van der Waals surface area (Å²) in [6.07, 6.45) is 1.38. The van der Waals surface area contributed by atoms with E-state index in [1.54, 1.807) is 6.07 Å². The number of thiazole rings is 1. The number of ether oxygens (including phenoxy) is 1. The Morgan fingerprint density at radius 1 is 1.28 bits per heavy atom. The van der Waals surface area contributed by atoms with E-state index in [-0.39, 0.29) is 5.91 Å². The minimum absolute atomic E-state index is 0.223. The van der Waals surface area contributed by atoms with Gasteiger partial charge in [-0.15, -0.1) is 11.3 Å². The van der Waals surface area contributed by atoms with Gasteiger partial charge in [0.15, 0.2) is 5.13 Å². The molecule has 0 fully saturated rings. The molecule has 0 atom stereocenters. The van der Waals surface area contributed by atoms with Crippen molar-refractivity contribution in [2.75, 3.05) is 12.4 Å². The smallest absolute Gasteiger partial charge is 0.349 e. The Morgan fingerprint density at radius 3 is 2.67 bits per heavy atom. The molecule has 1 amide bonds. The van der Waals surface area contributed by atoms with Crippen LogP contribution in [0.3, 0.4) is 0 Å². The molecule has 0 saturated heterocycles. The third-order valence-electron chi connectivity index (χ3n) is 2.08. The number of thiophene rings is 1. The summed E-state index contributed by atoms with van der Waals surface area (Å²) in [6.45, 7) is 1.93. The minimum atomic E-state index is -0.458. The van der Waals surface area contributed by atoms with E-state index in [1.807, 2.05) is 13.0 Å². The van der Waals surface area contributed by atoms with Crippen molar-refractivity contribution >= 4 is 39.7 Å². The fraction of sp³-hybridized carbons (Fsp3) is 0.182. The summed E-state index contributed by atoms with van der Waals surface area (Å²) in [5, 5.41) is 3.02. The number of rotatable bonds is 3. The zero-order chi connectivity index (χ0) is 13.1. The van der Waals surface area contributed by atoms with Crippen molar-refractivity contribution in [2.45, 2.75) is 6.92 Å². The maximum absolute atomic E-state index is 11.8. The zero-order valence-electron chi connectivity index (χ0n) is 9.72. The van der Waals surface area contributed by atoms with Gasteiger partial charge in [0.2, 0.25) is 0 Å². The van der Waals surface area contributed by atoms with Gasteiger partial charge in [-0.1, -0.05) is 11.3 Å². The fourth-order valence-electron chi connectivity index (χ4n) is 1.24. The predicted octanol–water partition coefficient (Wildman–Crippen LogP) is 2.55. The van der Waals surface area contributed by atoms with E-state index in [1.165, 1.54) is 24.6 Å². The van der Waals surface area contributed by atoms with Crippen LogP contribution in [-0.4, -0.2) is 24.0 Å². The fourth-order valence-corrected chi connectivity index (χ4v) is 2.73. The molecular weight excluding hydrogens is 272 g/mol. The van der Waals surface area contributed by atoms with E-state index in [0.29, 0.717) is 14.9 Å². The second-order valence-corrected chi connectivity index (χ2v) is 5.70. The molecule has 0 radical (unpaired) electrons. The summed E-state index contributed by atoms with van der Waals surface area (Å²) in [7, 11) is 1.30. The van der Waals surface area contributed by atoms with Gasteiger partial charge in [-0.25, -0.2) is 9.78 Å². The highest BCUT2D eigenvalue weighted by molar-refractivity contribution is 7.17. The summed E-state index contributed by atoms with van der Waals surface area (Å²) in [5.41, 5.74) is 0. The second-order valence-electron chi connectivity index (χ2n) is 3.39. The lowest BCUT2D eigenvalue weighted by molar-refractivity contribution is 0.0606. The topological polar surface area (TPSA) is 68.3 Å². The molecule has 0 aliphatic rings. The molecule has 0 spiro atoms. The molecule has 2 heterocycles. The number of nitrogens with zero attached hydrogens (tertiary/aromatic N) is 1. The highest BCUT2D eigenvalue weighted by Gasteiger charge is 2.14. The van der Waals surface area contributed by atoms with E-state index < -0.39 is 5.97 Å². The number of esters is 1. The number of aryl methyl sites for hydroxylation is 1. The maximum Gasteiger partial charge on any atom is 0.349 e. The van der Waals surface area contributed by atoms with Gasteiger partial charge >= 0.3 is 5.97 Å². The van der Waals surface area contributed by atoms with Gasteiger partial charge in [-0.3, -0.25) is 10.1 Å². The van der Waals surface area contributed by atoms with E-state index in [0.717, 1.165) is 16.2 Å². The van der Waals surface area contributed by atoms with Gasteiger partial charge in [0.05, 0.1) is 18.2 Å². The summed E-state index contributed by atoms with van der Waals surface area (Å²) in [6, 6.07) is 3.63. The van der Waals surface area contributed by atoms with Gasteiger partial charge in [0, 0.05) is 4.88 Å². The van der Waals surface area contributed by atoms with E-state index in [9.17, 15) is 9.59 Å². The Kier molecular flexibility index (Phi) is 3.73. The van der Waals surface area contributed by atoms with Crippen LogP contribution in [-0.2, 0) is 4.74 Å². The van der Waals surface area contributed by atoms with Crippen molar-refractivity contribution in [2.24, 2.45) is 0 Å². The quantitative estimate of drug-likeness (QED) is 0.878. The van der Waals surface area contributed by atoms with Crippen LogP contribution in [0.1, 0.15) is 24.2 Å². The lowest BCUT2D eigenvalue weighted by Crippen LogP contribution is -2.09. The monoisotopic (exact) mass is 282 g/mol. The number of anilines is 1.